The second kappa shape index (κ2) is 6.35. The number of nitrogens with one attached hydrogen (secondary N) is 1. The number of aliphatic hydroxyl groups excluding tert-OH is 1. The van der Waals surface area contributed by atoms with Crippen LogP contribution in [0.25, 0.3) is 0 Å². The summed E-state index contributed by atoms with van der Waals surface area (Å²) in [5.41, 5.74) is -1.25. The number of benzene rings is 1. The Morgan fingerprint density at radius 1 is 1.18 bits per heavy atom. The van der Waals surface area contributed by atoms with Crippen molar-refractivity contribution in [3.05, 3.63) is 28.8 Å². The molecule has 124 valence electrons. The summed E-state index contributed by atoms with van der Waals surface area (Å²) in [5.74, 6) is 0. The molecule has 0 aromatic heterocycles. The van der Waals surface area contributed by atoms with Crippen LogP contribution in [0.1, 0.15) is 31.2 Å². The Morgan fingerprint density at radius 3 is 2.32 bits per heavy atom. The standard InChI is InChI=1S/C13H15ClF3NO3S/c14-8-1-6-11(13(15,16)17)12(7-8)22(20,21)18-9-2-4-10(19)5-3-9/h1,6-7,9-10,18-19H,2-5H2. The summed E-state index contributed by atoms with van der Waals surface area (Å²) in [6.07, 6.45) is -3.70. The van der Waals surface area contributed by atoms with E-state index in [1.165, 1.54) is 0 Å². The molecule has 1 saturated carbocycles. The Labute approximate surface area is 131 Å². The molecule has 1 aromatic carbocycles. The van der Waals surface area contributed by atoms with E-state index in [2.05, 4.69) is 4.72 Å². The molecule has 1 aliphatic rings. The van der Waals surface area contributed by atoms with E-state index < -0.39 is 38.8 Å². The lowest BCUT2D eigenvalue weighted by Gasteiger charge is -2.26. The number of hydrogen-bond donors (Lipinski definition) is 2. The summed E-state index contributed by atoms with van der Waals surface area (Å²) in [5, 5.41) is 9.30. The van der Waals surface area contributed by atoms with Crippen LogP contribution in [0.3, 0.4) is 0 Å². The lowest BCUT2D eigenvalue weighted by atomic mass is 9.94. The number of sulfonamides is 1. The fourth-order valence-corrected chi connectivity index (χ4v) is 4.22. The summed E-state index contributed by atoms with van der Waals surface area (Å²) in [4.78, 5) is -0.876. The Hall–Kier alpha value is -0.830. The molecule has 0 heterocycles. The maximum absolute atomic E-state index is 13.0. The molecule has 0 atom stereocenters. The Kier molecular flexibility index (Phi) is 5.06. The maximum atomic E-state index is 13.0. The first-order valence-electron chi connectivity index (χ1n) is 6.67. The minimum absolute atomic E-state index is 0.0903. The van der Waals surface area contributed by atoms with Gasteiger partial charge in [-0.1, -0.05) is 11.6 Å². The van der Waals surface area contributed by atoms with Crippen molar-refractivity contribution >= 4 is 21.6 Å². The van der Waals surface area contributed by atoms with Gasteiger partial charge in [0.15, 0.2) is 0 Å². The quantitative estimate of drug-likeness (QED) is 0.874. The molecule has 2 rings (SSSR count). The minimum Gasteiger partial charge on any atom is -0.393 e. The van der Waals surface area contributed by atoms with Crippen molar-refractivity contribution in [1.82, 2.24) is 4.72 Å². The smallest absolute Gasteiger partial charge is 0.393 e. The topological polar surface area (TPSA) is 66.4 Å². The molecule has 2 N–H and O–H groups in total. The molecule has 1 fully saturated rings. The number of halogens is 4. The van der Waals surface area contributed by atoms with Crippen molar-refractivity contribution in [3.63, 3.8) is 0 Å². The van der Waals surface area contributed by atoms with Crippen molar-refractivity contribution in [1.29, 1.82) is 0 Å². The molecular formula is C13H15ClF3NO3S. The molecule has 9 heteroatoms. The van der Waals surface area contributed by atoms with E-state index in [1.807, 2.05) is 0 Å². The largest absolute Gasteiger partial charge is 0.417 e. The van der Waals surface area contributed by atoms with E-state index in [4.69, 9.17) is 11.6 Å². The molecule has 0 aliphatic heterocycles. The van der Waals surface area contributed by atoms with Crippen LogP contribution in [0.4, 0.5) is 13.2 Å². The van der Waals surface area contributed by atoms with Gasteiger partial charge in [-0.3, -0.25) is 0 Å². The molecule has 1 aliphatic carbocycles. The van der Waals surface area contributed by atoms with Gasteiger partial charge in [0.2, 0.25) is 10.0 Å². The van der Waals surface area contributed by atoms with Crippen molar-refractivity contribution in [2.45, 2.75) is 48.9 Å². The van der Waals surface area contributed by atoms with Crippen LogP contribution in [0.2, 0.25) is 5.02 Å². The van der Waals surface area contributed by atoms with Crippen molar-refractivity contribution in [2.75, 3.05) is 0 Å². The van der Waals surface area contributed by atoms with Crippen LogP contribution < -0.4 is 4.72 Å². The summed E-state index contributed by atoms with van der Waals surface area (Å²) in [7, 11) is -4.35. The van der Waals surface area contributed by atoms with Crippen molar-refractivity contribution in [2.24, 2.45) is 0 Å². The van der Waals surface area contributed by atoms with Crippen LogP contribution in [-0.2, 0) is 16.2 Å². The fraction of sp³-hybridized carbons (Fsp3) is 0.538. The molecular weight excluding hydrogens is 343 g/mol. The molecule has 4 nitrogen and oxygen atoms in total. The van der Waals surface area contributed by atoms with E-state index in [0.717, 1.165) is 12.1 Å². The molecule has 0 bridgehead atoms. The third-order valence-electron chi connectivity index (χ3n) is 3.56. The van der Waals surface area contributed by atoms with Gasteiger partial charge in [0.05, 0.1) is 16.6 Å². The lowest BCUT2D eigenvalue weighted by Crippen LogP contribution is -2.39. The second-order valence-electron chi connectivity index (χ2n) is 5.26. The van der Waals surface area contributed by atoms with Gasteiger partial charge < -0.3 is 5.11 Å². The second-order valence-corrected chi connectivity index (χ2v) is 7.38. The lowest BCUT2D eigenvalue weighted by molar-refractivity contribution is -0.139. The average molecular weight is 358 g/mol. The first-order valence-corrected chi connectivity index (χ1v) is 8.53. The van der Waals surface area contributed by atoms with E-state index in [9.17, 15) is 26.7 Å². The van der Waals surface area contributed by atoms with Gasteiger partial charge in [-0.05, 0) is 43.9 Å². The van der Waals surface area contributed by atoms with Gasteiger partial charge in [0, 0.05) is 11.1 Å². The Balaban J connectivity index is 2.31. The van der Waals surface area contributed by atoms with E-state index >= 15 is 0 Å². The molecule has 0 radical (unpaired) electrons. The Morgan fingerprint density at radius 2 is 1.77 bits per heavy atom. The third kappa shape index (κ3) is 4.13. The molecule has 0 amide bonds. The van der Waals surface area contributed by atoms with Gasteiger partial charge in [0.1, 0.15) is 0 Å². The highest BCUT2D eigenvalue weighted by atomic mass is 35.5. The first-order chi connectivity index (χ1) is 10.1. The highest BCUT2D eigenvalue weighted by Crippen LogP contribution is 2.35. The monoisotopic (exact) mass is 357 g/mol. The van der Waals surface area contributed by atoms with Crippen LogP contribution >= 0.6 is 11.6 Å². The summed E-state index contributed by atoms with van der Waals surface area (Å²) in [6, 6.07) is 1.96. The normalized spacial score (nSPS) is 23.5. The van der Waals surface area contributed by atoms with Crippen molar-refractivity contribution in [3.8, 4) is 0 Å². The van der Waals surface area contributed by atoms with E-state index in [-0.39, 0.29) is 5.02 Å². The summed E-state index contributed by atoms with van der Waals surface area (Å²) >= 11 is 5.64. The Bertz CT molecular complexity index is 640. The minimum atomic E-state index is -4.79. The molecule has 0 spiro atoms. The van der Waals surface area contributed by atoms with Crippen molar-refractivity contribution < 1.29 is 26.7 Å². The van der Waals surface area contributed by atoms with Gasteiger partial charge >= 0.3 is 6.18 Å². The van der Waals surface area contributed by atoms with Crippen LogP contribution in [0.5, 0.6) is 0 Å². The van der Waals surface area contributed by atoms with Crippen LogP contribution in [-0.4, -0.2) is 25.7 Å². The SMILES string of the molecule is O=S(=O)(NC1CCC(O)CC1)c1cc(Cl)ccc1C(F)(F)F. The predicted molar refractivity (Wildman–Crippen MR) is 75.0 cm³/mol. The third-order valence-corrected chi connectivity index (χ3v) is 5.35. The highest BCUT2D eigenvalue weighted by Gasteiger charge is 2.38. The fourth-order valence-electron chi connectivity index (χ4n) is 2.43. The highest BCUT2D eigenvalue weighted by molar-refractivity contribution is 7.89. The summed E-state index contributed by atoms with van der Waals surface area (Å²) < 4.78 is 65.7. The van der Waals surface area contributed by atoms with Crippen LogP contribution in [0.15, 0.2) is 23.1 Å². The molecule has 0 unspecified atom stereocenters. The zero-order valence-electron chi connectivity index (χ0n) is 11.4. The summed E-state index contributed by atoms with van der Waals surface area (Å²) in [6.45, 7) is 0. The number of rotatable bonds is 3. The van der Waals surface area contributed by atoms with Gasteiger partial charge in [0.25, 0.3) is 0 Å². The molecule has 0 saturated heterocycles. The van der Waals surface area contributed by atoms with Gasteiger partial charge in [-0.25, -0.2) is 13.1 Å². The zero-order chi connectivity index (χ0) is 16.5. The zero-order valence-corrected chi connectivity index (χ0v) is 13.0. The van der Waals surface area contributed by atoms with Crippen LogP contribution in [0, 0.1) is 0 Å². The van der Waals surface area contributed by atoms with E-state index in [1.54, 1.807) is 0 Å². The van der Waals surface area contributed by atoms with E-state index in [0.29, 0.717) is 31.7 Å². The average Bonchev–Trinajstić information content (AvgIpc) is 2.40. The maximum Gasteiger partial charge on any atom is 0.417 e. The van der Waals surface area contributed by atoms with Gasteiger partial charge in [-0.2, -0.15) is 13.2 Å². The number of alkyl halides is 3. The number of aliphatic hydroxyl groups is 1. The molecule has 1 aromatic rings. The predicted octanol–water partition coefficient (Wildman–Crippen LogP) is 2.94. The first kappa shape index (κ1) is 17.5. The molecule has 22 heavy (non-hydrogen) atoms. The number of hydrogen-bond acceptors (Lipinski definition) is 3. The van der Waals surface area contributed by atoms with Gasteiger partial charge in [-0.15, -0.1) is 0 Å².